The lowest BCUT2D eigenvalue weighted by Crippen LogP contribution is -2.06. The molecule has 26 heavy (non-hydrogen) atoms. The lowest BCUT2D eigenvalue weighted by Gasteiger charge is -2.10. The van der Waals surface area contributed by atoms with Gasteiger partial charge < -0.3 is 20.1 Å². The fourth-order valence-corrected chi connectivity index (χ4v) is 2.76. The molecule has 3 aromatic rings. The van der Waals surface area contributed by atoms with Crippen LogP contribution in [0.2, 0.25) is 0 Å². The van der Waals surface area contributed by atoms with Gasteiger partial charge in [-0.3, -0.25) is 0 Å². The normalized spacial score (nSPS) is 12.1. The van der Waals surface area contributed by atoms with Gasteiger partial charge >= 0.3 is 0 Å². The molecule has 0 fully saturated rings. The van der Waals surface area contributed by atoms with E-state index in [4.69, 9.17) is 9.47 Å². The first-order chi connectivity index (χ1) is 12.7. The van der Waals surface area contributed by atoms with Gasteiger partial charge in [0.15, 0.2) is 17.3 Å². The zero-order valence-electron chi connectivity index (χ0n) is 14.6. The van der Waals surface area contributed by atoms with Crippen LogP contribution in [-0.2, 0) is 6.54 Å². The molecule has 2 N–H and O–H groups in total. The molecule has 0 saturated heterocycles. The predicted molar refractivity (Wildman–Crippen MR) is 98.9 cm³/mol. The first kappa shape index (κ1) is 16.1. The van der Waals surface area contributed by atoms with E-state index in [-0.39, 0.29) is 6.79 Å². The molecule has 0 radical (unpaired) electrons. The van der Waals surface area contributed by atoms with Crippen molar-refractivity contribution in [3.8, 4) is 11.5 Å². The Labute approximate surface area is 151 Å². The number of benzene rings is 2. The maximum atomic E-state index is 5.40. The van der Waals surface area contributed by atoms with Crippen LogP contribution in [0.5, 0.6) is 11.5 Å². The van der Waals surface area contributed by atoms with Gasteiger partial charge in [-0.15, -0.1) is 5.10 Å². The van der Waals surface area contributed by atoms with Crippen LogP contribution in [0.15, 0.2) is 42.6 Å². The third-order valence-corrected chi connectivity index (χ3v) is 4.10. The maximum Gasteiger partial charge on any atom is 0.249 e. The van der Waals surface area contributed by atoms with Crippen molar-refractivity contribution in [2.24, 2.45) is 0 Å². The van der Waals surface area contributed by atoms with E-state index < -0.39 is 0 Å². The zero-order valence-corrected chi connectivity index (χ0v) is 14.6. The highest BCUT2D eigenvalue weighted by Crippen LogP contribution is 2.32. The first-order valence-electron chi connectivity index (χ1n) is 8.34. The third-order valence-electron chi connectivity index (χ3n) is 4.10. The van der Waals surface area contributed by atoms with E-state index in [2.05, 4.69) is 38.8 Å². The Kier molecular flexibility index (Phi) is 4.27. The highest BCUT2D eigenvalue weighted by molar-refractivity contribution is 5.59. The molecule has 0 atom stereocenters. The monoisotopic (exact) mass is 349 g/mol. The quantitative estimate of drug-likeness (QED) is 0.729. The van der Waals surface area contributed by atoms with Crippen molar-refractivity contribution in [2.75, 3.05) is 17.4 Å². The molecule has 2 aromatic carbocycles. The Bertz CT molecular complexity index is 945. The first-order valence-corrected chi connectivity index (χ1v) is 8.34. The maximum absolute atomic E-state index is 5.40. The number of nitrogens with zero attached hydrogens (tertiary/aromatic N) is 3. The summed E-state index contributed by atoms with van der Waals surface area (Å²) >= 11 is 0. The van der Waals surface area contributed by atoms with Gasteiger partial charge in [0, 0.05) is 12.2 Å². The Balaban J connectivity index is 1.44. The van der Waals surface area contributed by atoms with Gasteiger partial charge in [-0.25, -0.2) is 0 Å². The van der Waals surface area contributed by atoms with Gasteiger partial charge in [0.1, 0.15) is 0 Å². The van der Waals surface area contributed by atoms with Crippen molar-refractivity contribution in [1.82, 2.24) is 15.2 Å². The molecule has 4 rings (SSSR count). The molecule has 132 valence electrons. The molecule has 0 bridgehead atoms. The van der Waals surface area contributed by atoms with E-state index in [0.29, 0.717) is 18.3 Å². The van der Waals surface area contributed by atoms with Crippen LogP contribution >= 0.6 is 0 Å². The molecular weight excluding hydrogens is 330 g/mol. The SMILES string of the molecule is Cc1ccc(Nc2nncc(NCc3ccc4c(c3)OCO4)n2)c(C)c1. The standard InChI is InChI=1S/C19H19N5O2/c1-12-3-5-15(13(2)7-12)22-19-23-18(10-21-24-19)20-9-14-4-6-16-17(8-14)26-11-25-16/h3-8,10H,9,11H2,1-2H3,(H2,20,22,23,24). The summed E-state index contributed by atoms with van der Waals surface area (Å²) < 4.78 is 10.7. The lowest BCUT2D eigenvalue weighted by molar-refractivity contribution is 0.174. The van der Waals surface area contributed by atoms with E-state index in [0.717, 1.165) is 28.3 Å². The molecule has 0 unspecified atom stereocenters. The molecule has 0 spiro atoms. The molecule has 2 heterocycles. The Hall–Kier alpha value is -3.35. The van der Waals surface area contributed by atoms with Gasteiger partial charge in [-0.2, -0.15) is 10.1 Å². The summed E-state index contributed by atoms with van der Waals surface area (Å²) in [6, 6.07) is 12.0. The summed E-state index contributed by atoms with van der Waals surface area (Å²) in [5, 5.41) is 14.5. The van der Waals surface area contributed by atoms with Crippen LogP contribution in [0.25, 0.3) is 0 Å². The average molecular weight is 349 g/mol. The van der Waals surface area contributed by atoms with Crippen molar-refractivity contribution in [3.05, 3.63) is 59.3 Å². The minimum atomic E-state index is 0.273. The number of fused-ring (bicyclic) bond motifs is 1. The summed E-state index contributed by atoms with van der Waals surface area (Å²) in [6.07, 6.45) is 1.60. The third kappa shape index (κ3) is 3.51. The number of anilines is 3. The number of aryl methyl sites for hydroxylation is 2. The fraction of sp³-hybridized carbons (Fsp3) is 0.211. The summed E-state index contributed by atoms with van der Waals surface area (Å²) in [7, 11) is 0. The summed E-state index contributed by atoms with van der Waals surface area (Å²) in [5.74, 6) is 2.64. The highest BCUT2D eigenvalue weighted by Gasteiger charge is 2.13. The molecular formula is C19H19N5O2. The molecule has 0 saturated carbocycles. The van der Waals surface area contributed by atoms with Crippen molar-refractivity contribution >= 4 is 17.5 Å². The van der Waals surface area contributed by atoms with Crippen molar-refractivity contribution in [3.63, 3.8) is 0 Å². The second-order valence-corrected chi connectivity index (χ2v) is 6.15. The van der Waals surface area contributed by atoms with Gasteiger partial charge in [-0.05, 0) is 43.2 Å². The largest absolute Gasteiger partial charge is 0.454 e. The fourth-order valence-electron chi connectivity index (χ4n) is 2.76. The van der Waals surface area contributed by atoms with Crippen LogP contribution in [0, 0.1) is 13.8 Å². The van der Waals surface area contributed by atoms with E-state index in [1.165, 1.54) is 5.56 Å². The molecule has 1 aromatic heterocycles. The summed E-state index contributed by atoms with van der Waals surface area (Å²) in [5.41, 5.74) is 4.38. The molecule has 7 heteroatoms. The predicted octanol–water partition coefficient (Wildman–Crippen LogP) is 3.57. The number of ether oxygens (including phenoxy) is 2. The van der Waals surface area contributed by atoms with E-state index in [1.807, 2.05) is 37.3 Å². The number of hydrogen-bond donors (Lipinski definition) is 2. The van der Waals surface area contributed by atoms with Crippen LogP contribution < -0.4 is 20.1 Å². The Morgan fingerprint density at radius 1 is 1.04 bits per heavy atom. The van der Waals surface area contributed by atoms with E-state index >= 15 is 0 Å². The number of nitrogens with one attached hydrogen (secondary N) is 2. The van der Waals surface area contributed by atoms with Crippen molar-refractivity contribution in [2.45, 2.75) is 20.4 Å². The summed E-state index contributed by atoms with van der Waals surface area (Å²) in [6.45, 7) is 4.98. The average Bonchev–Trinajstić information content (AvgIpc) is 3.10. The smallest absolute Gasteiger partial charge is 0.249 e. The Morgan fingerprint density at radius 2 is 1.92 bits per heavy atom. The van der Waals surface area contributed by atoms with E-state index in [1.54, 1.807) is 6.20 Å². The molecule has 0 aliphatic carbocycles. The minimum absolute atomic E-state index is 0.273. The van der Waals surface area contributed by atoms with E-state index in [9.17, 15) is 0 Å². The van der Waals surface area contributed by atoms with Crippen LogP contribution in [0.1, 0.15) is 16.7 Å². The van der Waals surface area contributed by atoms with Crippen molar-refractivity contribution < 1.29 is 9.47 Å². The molecule has 1 aliphatic rings. The van der Waals surface area contributed by atoms with Gasteiger partial charge in [0.2, 0.25) is 12.7 Å². The lowest BCUT2D eigenvalue weighted by atomic mass is 10.1. The number of rotatable bonds is 5. The van der Waals surface area contributed by atoms with Crippen LogP contribution in [0.4, 0.5) is 17.5 Å². The number of aromatic nitrogens is 3. The number of hydrogen-bond acceptors (Lipinski definition) is 7. The Morgan fingerprint density at radius 3 is 2.81 bits per heavy atom. The van der Waals surface area contributed by atoms with Gasteiger partial charge in [0.25, 0.3) is 0 Å². The summed E-state index contributed by atoms with van der Waals surface area (Å²) in [4.78, 5) is 4.47. The molecule has 0 amide bonds. The second-order valence-electron chi connectivity index (χ2n) is 6.15. The van der Waals surface area contributed by atoms with Crippen LogP contribution in [0.3, 0.4) is 0 Å². The van der Waals surface area contributed by atoms with Crippen LogP contribution in [-0.4, -0.2) is 22.0 Å². The second kappa shape index (κ2) is 6.87. The van der Waals surface area contributed by atoms with Gasteiger partial charge in [-0.1, -0.05) is 23.8 Å². The minimum Gasteiger partial charge on any atom is -0.454 e. The van der Waals surface area contributed by atoms with Crippen molar-refractivity contribution in [1.29, 1.82) is 0 Å². The topological polar surface area (TPSA) is 81.2 Å². The van der Waals surface area contributed by atoms with Gasteiger partial charge in [0.05, 0.1) is 6.20 Å². The molecule has 7 nitrogen and oxygen atoms in total. The molecule has 1 aliphatic heterocycles. The highest BCUT2D eigenvalue weighted by atomic mass is 16.7. The zero-order chi connectivity index (χ0) is 17.9.